The van der Waals surface area contributed by atoms with Gasteiger partial charge in [0.2, 0.25) is 0 Å². The molecule has 0 aliphatic rings. The molecule has 0 amide bonds. The van der Waals surface area contributed by atoms with Gasteiger partial charge in [-0.25, -0.2) is 4.98 Å². The monoisotopic (exact) mass is 281 g/mol. The predicted octanol–water partition coefficient (Wildman–Crippen LogP) is 2.03. The van der Waals surface area contributed by atoms with Gasteiger partial charge in [0.05, 0.1) is 17.3 Å². The summed E-state index contributed by atoms with van der Waals surface area (Å²) in [6.07, 6.45) is 3.67. The average molecular weight is 282 g/mol. The van der Waals surface area contributed by atoms with Gasteiger partial charge in [0.25, 0.3) is 0 Å². The molecule has 0 fully saturated rings. The molecular formula is C13H16ClN3O2. The van der Waals surface area contributed by atoms with E-state index >= 15 is 0 Å². The molecule has 0 aromatic carbocycles. The number of hydrogen-bond donors (Lipinski definition) is 1. The van der Waals surface area contributed by atoms with Gasteiger partial charge < -0.3 is 9.14 Å². The van der Waals surface area contributed by atoms with Crippen molar-refractivity contribution >= 4 is 23.2 Å². The number of pyridine rings is 1. The van der Waals surface area contributed by atoms with Gasteiger partial charge in [-0.15, -0.1) is 0 Å². The van der Waals surface area contributed by atoms with Gasteiger partial charge in [-0.05, 0) is 26.0 Å². The van der Waals surface area contributed by atoms with Crippen molar-refractivity contribution in [2.24, 2.45) is 0 Å². The van der Waals surface area contributed by atoms with E-state index in [4.69, 9.17) is 16.3 Å². The molecule has 19 heavy (non-hydrogen) atoms. The van der Waals surface area contributed by atoms with Crippen LogP contribution in [0.4, 0.5) is 0 Å². The Kier molecular flexibility index (Phi) is 4.39. The van der Waals surface area contributed by atoms with E-state index in [1.807, 2.05) is 16.7 Å². The normalized spacial score (nSPS) is 12.6. The summed E-state index contributed by atoms with van der Waals surface area (Å²) in [7, 11) is 0. The van der Waals surface area contributed by atoms with Crippen molar-refractivity contribution in [3.05, 3.63) is 35.2 Å². The lowest BCUT2D eigenvalue weighted by Gasteiger charge is -2.10. The molecule has 2 heterocycles. The van der Waals surface area contributed by atoms with Crippen molar-refractivity contribution in [2.75, 3.05) is 6.61 Å². The number of imidazole rings is 1. The highest BCUT2D eigenvalue weighted by molar-refractivity contribution is 6.30. The highest BCUT2D eigenvalue weighted by atomic mass is 35.5. The number of hydrogen-bond acceptors (Lipinski definition) is 4. The first-order valence-corrected chi connectivity index (χ1v) is 6.51. The Hall–Kier alpha value is -1.59. The molecule has 0 aliphatic heterocycles. The summed E-state index contributed by atoms with van der Waals surface area (Å²) in [4.78, 5) is 15.9. The number of ether oxygens (including phenoxy) is 1. The maximum Gasteiger partial charge on any atom is 0.322 e. The molecule has 0 radical (unpaired) electrons. The van der Waals surface area contributed by atoms with Crippen molar-refractivity contribution < 1.29 is 9.53 Å². The van der Waals surface area contributed by atoms with Gasteiger partial charge in [-0.3, -0.25) is 10.1 Å². The molecule has 0 saturated heterocycles. The van der Waals surface area contributed by atoms with Crippen LogP contribution in [0.25, 0.3) is 5.65 Å². The molecule has 1 atom stereocenters. The first-order valence-electron chi connectivity index (χ1n) is 6.13. The van der Waals surface area contributed by atoms with Gasteiger partial charge in [0.1, 0.15) is 11.7 Å². The number of nitrogens with one attached hydrogen (secondary N) is 1. The fourth-order valence-electron chi connectivity index (χ4n) is 1.71. The highest BCUT2D eigenvalue weighted by Gasteiger charge is 2.13. The summed E-state index contributed by atoms with van der Waals surface area (Å²) in [6, 6.07) is 3.29. The summed E-state index contributed by atoms with van der Waals surface area (Å²) in [6.45, 7) is 4.44. The van der Waals surface area contributed by atoms with Crippen LogP contribution in [0.5, 0.6) is 0 Å². The summed E-state index contributed by atoms with van der Waals surface area (Å²) in [5, 5.41) is 3.73. The lowest BCUT2D eigenvalue weighted by atomic mass is 10.3. The zero-order valence-corrected chi connectivity index (χ0v) is 11.6. The minimum atomic E-state index is -0.353. The molecule has 2 aromatic heterocycles. The zero-order valence-electron chi connectivity index (χ0n) is 10.9. The Bertz CT molecular complexity index is 582. The molecule has 6 heteroatoms. The Morgan fingerprint density at radius 1 is 1.53 bits per heavy atom. The van der Waals surface area contributed by atoms with E-state index in [0.29, 0.717) is 18.2 Å². The van der Waals surface area contributed by atoms with Gasteiger partial charge in [-0.1, -0.05) is 11.6 Å². The maximum atomic E-state index is 11.5. The van der Waals surface area contributed by atoms with Crippen LogP contribution < -0.4 is 5.32 Å². The first kappa shape index (κ1) is 13.8. The van der Waals surface area contributed by atoms with Crippen LogP contribution in [0.3, 0.4) is 0 Å². The second-order valence-electron chi connectivity index (χ2n) is 4.20. The quantitative estimate of drug-likeness (QED) is 0.852. The number of fused-ring (bicyclic) bond motifs is 1. The third kappa shape index (κ3) is 3.45. The molecule has 1 unspecified atom stereocenters. The van der Waals surface area contributed by atoms with E-state index in [1.165, 1.54) is 0 Å². The maximum absolute atomic E-state index is 11.5. The SMILES string of the molecule is CCOC(=O)C(C)NCc1cn2cc(Cl)ccc2n1. The summed E-state index contributed by atoms with van der Waals surface area (Å²) < 4.78 is 6.78. The smallest absolute Gasteiger partial charge is 0.322 e. The molecule has 0 aliphatic carbocycles. The molecule has 5 nitrogen and oxygen atoms in total. The predicted molar refractivity (Wildman–Crippen MR) is 73.1 cm³/mol. The highest BCUT2D eigenvalue weighted by Crippen LogP contribution is 2.11. The van der Waals surface area contributed by atoms with Crippen LogP contribution in [0.2, 0.25) is 5.02 Å². The number of rotatable bonds is 5. The standard InChI is InChI=1S/C13H16ClN3O2/c1-3-19-13(18)9(2)15-6-11-8-17-7-10(14)4-5-12(17)16-11/h4-5,7-9,15H,3,6H2,1-2H3. The van der Waals surface area contributed by atoms with Gasteiger partial charge in [0, 0.05) is 18.9 Å². The lowest BCUT2D eigenvalue weighted by Crippen LogP contribution is -2.34. The van der Waals surface area contributed by atoms with Gasteiger partial charge >= 0.3 is 5.97 Å². The van der Waals surface area contributed by atoms with E-state index in [9.17, 15) is 4.79 Å². The average Bonchev–Trinajstić information content (AvgIpc) is 2.78. The van der Waals surface area contributed by atoms with Gasteiger partial charge in [0.15, 0.2) is 0 Å². The Morgan fingerprint density at radius 2 is 2.32 bits per heavy atom. The summed E-state index contributed by atoms with van der Waals surface area (Å²) in [5.74, 6) is -0.255. The van der Waals surface area contributed by atoms with Crippen LogP contribution in [0.15, 0.2) is 24.5 Å². The number of aromatic nitrogens is 2. The summed E-state index contributed by atoms with van der Waals surface area (Å²) in [5.41, 5.74) is 1.67. The number of halogens is 1. The van der Waals surface area contributed by atoms with Crippen molar-refractivity contribution in [1.82, 2.24) is 14.7 Å². The molecule has 2 rings (SSSR count). The van der Waals surface area contributed by atoms with Crippen LogP contribution >= 0.6 is 11.6 Å². The number of esters is 1. The molecule has 0 spiro atoms. The second-order valence-corrected chi connectivity index (χ2v) is 4.64. The number of nitrogens with zero attached hydrogens (tertiary/aromatic N) is 2. The third-order valence-corrected chi connectivity index (χ3v) is 2.92. The van der Waals surface area contributed by atoms with E-state index in [0.717, 1.165) is 11.3 Å². The summed E-state index contributed by atoms with van der Waals surface area (Å²) >= 11 is 5.91. The van der Waals surface area contributed by atoms with E-state index in [2.05, 4.69) is 10.3 Å². The first-order chi connectivity index (χ1) is 9.10. The van der Waals surface area contributed by atoms with Crippen LogP contribution in [-0.4, -0.2) is 28.0 Å². The largest absolute Gasteiger partial charge is 0.465 e. The molecule has 0 saturated carbocycles. The fourth-order valence-corrected chi connectivity index (χ4v) is 1.88. The lowest BCUT2D eigenvalue weighted by molar-refractivity contribution is -0.145. The van der Waals surface area contributed by atoms with Gasteiger partial charge in [-0.2, -0.15) is 0 Å². The fraction of sp³-hybridized carbons (Fsp3) is 0.385. The van der Waals surface area contributed by atoms with Crippen LogP contribution in [0.1, 0.15) is 19.5 Å². The van der Waals surface area contributed by atoms with E-state index in [-0.39, 0.29) is 12.0 Å². The molecule has 0 bridgehead atoms. The Balaban J connectivity index is 2.00. The van der Waals surface area contributed by atoms with E-state index in [1.54, 1.807) is 26.1 Å². The Labute approximate surface area is 116 Å². The minimum Gasteiger partial charge on any atom is -0.465 e. The molecule has 1 N–H and O–H groups in total. The molecule has 2 aromatic rings. The van der Waals surface area contributed by atoms with Crippen LogP contribution in [-0.2, 0) is 16.1 Å². The number of carbonyl (C=O) groups is 1. The minimum absolute atomic E-state index is 0.255. The van der Waals surface area contributed by atoms with Crippen LogP contribution in [0, 0.1) is 0 Å². The van der Waals surface area contributed by atoms with E-state index < -0.39 is 0 Å². The third-order valence-electron chi connectivity index (χ3n) is 2.69. The number of carbonyl (C=O) groups excluding carboxylic acids is 1. The van der Waals surface area contributed by atoms with Crippen molar-refractivity contribution in [3.8, 4) is 0 Å². The topological polar surface area (TPSA) is 55.6 Å². The Morgan fingerprint density at radius 3 is 3.05 bits per heavy atom. The zero-order chi connectivity index (χ0) is 13.8. The van der Waals surface area contributed by atoms with Crippen molar-refractivity contribution in [3.63, 3.8) is 0 Å². The van der Waals surface area contributed by atoms with Crippen molar-refractivity contribution in [1.29, 1.82) is 0 Å². The second kappa shape index (κ2) is 6.04. The molecular weight excluding hydrogens is 266 g/mol. The van der Waals surface area contributed by atoms with Crippen molar-refractivity contribution in [2.45, 2.75) is 26.4 Å². The molecule has 102 valence electrons.